The van der Waals surface area contributed by atoms with Crippen molar-refractivity contribution in [3.05, 3.63) is 23.6 Å². The molecule has 1 saturated heterocycles. The lowest BCUT2D eigenvalue weighted by Gasteiger charge is -2.37. The summed E-state index contributed by atoms with van der Waals surface area (Å²) >= 11 is 0. The number of aromatic carboxylic acids is 1. The van der Waals surface area contributed by atoms with Crippen molar-refractivity contribution in [2.45, 2.75) is 25.8 Å². The molecule has 20 heavy (non-hydrogen) atoms. The number of carbonyl (C=O) groups is 1. The van der Waals surface area contributed by atoms with Gasteiger partial charge in [0.1, 0.15) is 17.2 Å². The molecule has 2 rings (SSSR count). The molecule has 1 aromatic heterocycles. The minimum atomic E-state index is -1.15. The smallest absolute Gasteiger partial charge is 0.339 e. The van der Waals surface area contributed by atoms with Crippen LogP contribution in [0.3, 0.4) is 0 Å². The molecule has 2 heterocycles. The van der Waals surface area contributed by atoms with Crippen LogP contribution in [0.2, 0.25) is 0 Å². The van der Waals surface area contributed by atoms with Crippen LogP contribution in [-0.2, 0) is 0 Å². The van der Waals surface area contributed by atoms with E-state index in [2.05, 4.69) is 16.8 Å². The minimum absolute atomic E-state index is 0.0783. The maximum atomic E-state index is 13.2. The molecule has 0 unspecified atom stereocenters. The van der Waals surface area contributed by atoms with Crippen molar-refractivity contribution in [3.8, 4) is 0 Å². The van der Waals surface area contributed by atoms with Gasteiger partial charge in [0.2, 0.25) is 0 Å². The molecule has 0 saturated carbocycles. The number of rotatable bonds is 4. The number of likely N-dealkylation sites (tertiary alicyclic amines) is 1. The zero-order valence-electron chi connectivity index (χ0n) is 11.8. The highest BCUT2D eigenvalue weighted by Gasteiger charge is 2.25. The van der Waals surface area contributed by atoms with Gasteiger partial charge in [-0.2, -0.15) is 0 Å². The van der Waals surface area contributed by atoms with Gasteiger partial charge in [0, 0.05) is 26.2 Å². The summed E-state index contributed by atoms with van der Waals surface area (Å²) < 4.78 is 13.2. The van der Waals surface area contributed by atoms with Crippen molar-refractivity contribution in [3.63, 3.8) is 0 Å². The molecule has 6 heteroatoms. The number of carboxylic acids is 1. The molecule has 1 N–H and O–H groups in total. The quantitative estimate of drug-likeness (QED) is 0.912. The van der Waals surface area contributed by atoms with Crippen LogP contribution in [0.5, 0.6) is 0 Å². The zero-order chi connectivity index (χ0) is 14.7. The highest BCUT2D eigenvalue weighted by molar-refractivity contribution is 5.93. The second kappa shape index (κ2) is 6.17. The number of pyridine rings is 1. The molecule has 0 aromatic carbocycles. The average molecular weight is 281 g/mol. The Bertz CT molecular complexity index is 487. The third-order valence-corrected chi connectivity index (χ3v) is 3.95. The van der Waals surface area contributed by atoms with Crippen molar-refractivity contribution in [1.29, 1.82) is 0 Å². The molecule has 1 aliphatic rings. The fourth-order valence-electron chi connectivity index (χ4n) is 2.67. The van der Waals surface area contributed by atoms with E-state index in [1.807, 2.05) is 11.9 Å². The summed E-state index contributed by atoms with van der Waals surface area (Å²) in [4.78, 5) is 19.4. The van der Waals surface area contributed by atoms with Crippen molar-refractivity contribution < 1.29 is 14.3 Å². The fraction of sp³-hybridized carbons (Fsp3) is 0.571. The van der Waals surface area contributed by atoms with E-state index >= 15 is 0 Å². The molecule has 0 aliphatic carbocycles. The van der Waals surface area contributed by atoms with E-state index in [0.29, 0.717) is 5.82 Å². The number of halogens is 1. The van der Waals surface area contributed by atoms with Gasteiger partial charge in [-0.3, -0.25) is 0 Å². The Hall–Kier alpha value is -1.69. The highest BCUT2D eigenvalue weighted by Crippen LogP contribution is 2.24. The van der Waals surface area contributed by atoms with E-state index in [9.17, 15) is 14.3 Å². The maximum absolute atomic E-state index is 13.2. The van der Waals surface area contributed by atoms with Gasteiger partial charge in [-0.1, -0.05) is 6.92 Å². The third kappa shape index (κ3) is 3.07. The molecular formula is C14H20FN3O2. The summed E-state index contributed by atoms with van der Waals surface area (Å²) in [6.07, 6.45) is 2.99. The van der Waals surface area contributed by atoms with Crippen LogP contribution in [0.15, 0.2) is 12.3 Å². The molecule has 0 bridgehead atoms. The molecule has 1 fully saturated rings. The van der Waals surface area contributed by atoms with Crippen LogP contribution in [-0.4, -0.2) is 53.7 Å². The second-order valence-corrected chi connectivity index (χ2v) is 5.11. The van der Waals surface area contributed by atoms with E-state index in [1.54, 1.807) is 0 Å². The first-order valence-corrected chi connectivity index (χ1v) is 6.87. The van der Waals surface area contributed by atoms with E-state index in [4.69, 9.17) is 0 Å². The van der Waals surface area contributed by atoms with E-state index in [1.165, 1.54) is 0 Å². The number of nitrogens with zero attached hydrogens (tertiary/aromatic N) is 3. The van der Waals surface area contributed by atoms with Gasteiger partial charge in [0.15, 0.2) is 0 Å². The zero-order valence-corrected chi connectivity index (χ0v) is 11.8. The Kier molecular flexibility index (Phi) is 4.54. The normalized spacial score (nSPS) is 17.1. The number of carboxylic acid groups (broad SMARTS) is 1. The first-order chi connectivity index (χ1) is 9.52. The van der Waals surface area contributed by atoms with Gasteiger partial charge in [-0.05, 0) is 25.5 Å². The van der Waals surface area contributed by atoms with Crippen molar-refractivity contribution >= 4 is 11.8 Å². The molecule has 5 nitrogen and oxygen atoms in total. The molecule has 0 amide bonds. The number of hydrogen-bond acceptors (Lipinski definition) is 4. The molecular weight excluding hydrogens is 261 g/mol. The Balaban J connectivity index is 2.17. The summed E-state index contributed by atoms with van der Waals surface area (Å²) in [5, 5.41) is 9.18. The van der Waals surface area contributed by atoms with Gasteiger partial charge < -0.3 is 14.9 Å². The van der Waals surface area contributed by atoms with Crippen molar-refractivity contribution in [1.82, 2.24) is 9.88 Å². The van der Waals surface area contributed by atoms with Crippen LogP contribution in [0.1, 0.15) is 30.1 Å². The predicted octanol–water partition coefficient (Wildman–Crippen LogP) is 1.84. The van der Waals surface area contributed by atoms with E-state index in [-0.39, 0.29) is 11.6 Å². The Morgan fingerprint density at radius 1 is 1.55 bits per heavy atom. The molecule has 110 valence electrons. The predicted molar refractivity (Wildman–Crippen MR) is 74.7 cm³/mol. The summed E-state index contributed by atoms with van der Waals surface area (Å²) in [5.41, 5.74) is -0.0783. The topological polar surface area (TPSA) is 56.7 Å². The Labute approximate surface area is 118 Å². The van der Waals surface area contributed by atoms with Crippen LogP contribution in [0.25, 0.3) is 0 Å². The summed E-state index contributed by atoms with van der Waals surface area (Å²) in [6.45, 7) is 5.16. The summed E-state index contributed by atoms with van der Waals surface area (Å²) in [5.74, 6) is -1.43. The van der Waals surface area contributed by atoms with Gasteiger partial charge in [-0.25, -0.2) is 14.2 Å². The first-order valence-electron chi connectivity index (χ1n) is 6.87. The Morgan fingerprint density at radius 2 is 2.20 bits per heavy atom. The van der Waals surface area contributed by atoms with Crippen LogP contribution in [0, 0.1) is 5.82 Å². The SMILES string of the molecule is CCN1CCC(N(C)c2ncc(F)cc2C(=O)O)CC1. The second-order valence-electron chi connectivity index (χ2n) is 5.11. The summed E-state index contributed by atoms with van der Waals surface area (Å²) in [6, 6.07) is 1.27. The largest absolute Gasteiger partial charge is 0.478 e. The van der Waals surface area contributed by atoms with Crippen molar-refractivity contribution in [2.75, 3.05) is 31.6 Å². The Morgan fingerprint density at radius 3 is 2.75 bits per heavy atom. The van der Waals surface area contributed by atoms with E-state index in [0.717, 1.165) is 44.7 Å². The van der Waals surface area contributed by atoms with Gasteiger partial charge in [0.25, 0.3) is 0 Å². The lowest BCUT2D eigenvalue weighted by atomic mass is 10.0. The fourth-order valence-corrected chi connectivity index (χ4v) is 2.67. The minimum Gasteiger partial charge on any atom is -0.478 e. The van der Waals surface area contributed by atoms with Crippen LogP contribution < -0.4 is 4.90 Å². The standard InChI is InChI=1S/C14H20FN3O2/c1-3-18-6-4-11(5-7-18)17(2)13-12(14(19)20)8-10(15)9-16-13/h8-9,11H,3-7H2,1-2H3,(H,19,20). The summed E-state index contributed by atoms with van der Waals surface area (Å²) in [7, 11) is 1.83. The number of piperidine rings is 1. The van der Waals surface area contributed by atoms with Crippen molar-refractivity contribution in [2.24, 2.45) is 0 Å². The highest BCUT2D eigenvalue weighted by atomic mass is 19.1. The molecule has 1 aromatic rings. The van der Waals surface area contributed by atoms with Gasteiger partial charge in [-0.15, -0.1) is 0 Å². The van der Waals surface area contributed by atoms with E-state index < -0.39 is 11.8 Å². The maximum Gasteiger partial charge on any atom is 0.339 e. The number of anilines is 1. The number of aromatic nitrogens is 1. The van der Waals surface area contributed by atoms with Gasteiger partial charge in [0.05, 0.1) is 6.20 Å². The monoisotopic (exact) mass is 281 g/mol. The lowest BCUT2D eigenvalue weighted by Crippen LogP contribution is -2.44. The lowest BCUT2D eigenvalue weighted by molar-refractivity contribution is 0.0696. The van der Waals surface area contributed by atoms with Gasteiger partial charge >= 0.3 is 5.97 Å². The molecule has 0 radical (unpaired) electrons. The molecule has 0 atom stereocenters. The average Bonchev–Trinajstić information content (AvgIpc) is 2.46. The molecule has 0 spiro atoms. The number of hydrogen-bond donors (Lipinski definition) is 1. The first kappa shape index (κ1) is 14.7. The molecule has 1 aliphatic heterocycles. The van der Waals surface area contributed by atoms with Crippen LogP contribution in [0.4, 0.5) is 10.2 Å². The van der Waals surface area contributed by atoms with Crippen LogP contribution >= 0.6 is 0 Å². The third-order valence-electron chi connectivity index (χ3n) is 3.95.